The Morgan fingerprint density at radius 3 is 2.39 bits per heavy atom. The normalized spacial score (nSPS) is 21.2. The summed E-state index contributed by atoms with van der Waals surface area (Å²) in [6.45, 7) is 5.68. The summed E-state index contributed by atoms with van der Waals surface area (Å²) in [5, 5.41) is 12.5. The Kier molecular flexibility index (Phi) is 4.94. The van der Waals surface area contributed by atoms with Crippen LogP contribution in [0.5, 0.6) is 0 Å². The van der Waals surface area contributed by atoms with E-state index < -0.39 is 17.8 Å². The van der Waals surface area contributed by atoms with Gasteiger partial charge in [-0.2, -0.15) is 0 Å². The van der Waals surface area contributed by atoms with Crippen LogP contribution >= 0.6 is 0 Å². The first kappa shape index (κ1) is 17.3. The number of nitrogens with one attached hydrogen (secondary N) is 1. The van der Waals surface area contributed by atoms with E-state index >= 15 is 0 Å². The van der Waals surface area contributed by atoms with E-state index in [1.165, 1.54) is 0 Å². The minimum atomic E-state index is -0.585. The predicted octanol–water partition coefficient (Wildman–Crippen LogP) is 2.09. The number of carbonyl (C=O) groups excluding carboxylic acids is 2. The Morgan fingerprint density at radius 2 is 1.87 bits per heavy atom. The summed E-state index contributed by atoms with van der Waals surface area (Å²) in [6.07, 6.45) is -0.556. The van der Waals surface area contributed by atoms with E-state index in [1.54, 1.807) is 24.1 Å². The highest BCUT2D eigenvalue weighted by Gasteiger charge is 2.37. The van der Waals surface area contributed by atoms with Gasteiger partial charge in [-0.05, 0) is 44.9 Å². The molecule has 23 heavy (non-hydrogen) atoms. The van der Waals surface area contributed by atoms with Crippen LogP contribution in [0.2, 0.25) is 0 Å². The van der Waals surface area contributed by atoms with E-state index in [-0.39, 0.29) is 18.5 Å². The number of rotatable bonds is 2. The van der Waals surface area contributed by atoms with Crippen molar-refractivity contribution in [2.75, 3.05) is 13.6 Å². The van der Waals surface area contributed by atoms with Crippen molar-refractivity contribution in [3.05, 3.63) is 35.4 Å². The van der Waals surface area contributed by atoms with Crippen LogP contribution in [0.1, 0.15) is 49.2 Å². The van der Waals surface area contributed by atoms with Crippen LogP contribution < -0.4 is 5.32 Å². The number of carbonyl (C=O) groups is 2. The van der Waals surface area contributed by atoms with Gasteiger partial charge in [-0.15, -0.1) is 0 Å². The van der Waals surface area contributed by atoms with Crippen molar-refractivity contribution in [3.63, 3.8) is 0 Å². The van der Waals surface area contributed by atoms with E-state index in [2.05, 4.69) is 5.32 Å². The first-order valence-corrected chi connectivity index (χ1v) is 7.71. The number of β-amino-alcohol motifs (C(OH)–C–C–N with tert-alkyl or cyclic N) is 1. The van der Waals surface area contributed by atoms with Gasteiger partial charge < -0.3 is 15.2 Å². The summed E-state index contributed by atoms with van der Waals surface area (Å²) < 4.78 is 5.41. The zero-order valence-electron chi connectivity index (χ0n) is 14.0. The number of likely N-dealkylation sites (tertiary alicyclic amines) is 1. The maximum absolute atomic E-state index is 12.3. The topological polar surface area (TPSA) is 78.9 Å². The number of amides is 2. The molecule has 1 aliphatic heterocycles. The molecule has 1 unspecified atom stereocenters. The molecule has 2 amide bonds. The van der Waals surface area contributed by atoms with Gasteiger partial charge in [0.05, 0.1) is 18.7 Å². The lowest BCUT2D eigenvalue weighted by Gasteiger charge is -2.28. The van der Waals surface area contributed by atoms with Crippen LogP contribution in [0.3, 0.4) is 0 Å². The fourth-order valence-electron chi connectivity index (χ4n) is 2.65. The van der Waals surface area contributed by atoms with Gasteiger partial charge in [-0.25, -0.2) is 4.79 Å². The Morgan fingerprint density at radius 1 is 1.26 bits per heavy atom. The number of hydrogen-bond donors (Lipinski definition) is 2. The summed E-state index contributed by atoms with van der Waals surface area (Å²) in [4.78, 5) is 25.5. The quantitative estimate of drug-likeness (QED) is 0.874. The van der Waals surface area contributed by atoms with Crippen molar-refractivity contribution in [2.45, 2.75) is 44.9 Å². The molecule has 1 fully saturated rings. The van der Waals surface area contributed by atoms with Crippen molar-refractivity contribution in [1.29, 1.82) is 0 Å². The van der Waals surface area contributed by atoms with Crippen LogP contribution in [-0.2, 0) is 4.74 Å². The molecule has 1 aromatic rings. The van der Waals surface area contributed by atoms with E-state index in [0.717, 1.165) is 5.56 Å². The molecule has 1 aromatic carbocycles. The summed E-state index contributed by atoms with van der Waals surface area (Å²) in [7, 11) is 1.58. The van der Waals surface area contributed by atoms with Gasteiger partial charge in [-0.1, -0.05) is 12.1 Å². The van der Waals surface area contributed by atoms with Crippen LogP contribution in [0.15, 0.2) is 24.3 Å². The smallest absolute Gasteiger partial charge is 0.410 e. The van der Waals surface area contributed by atoms with Crippen molar-refractivity contribution in [1.82, 2.24) is 10.2 Å². The standard InChI is InChI=1S/C17H24N2O4/c1-17(2,3)23-16(22)19-10-13(20)9-14(19)11-5-7-12(8-6-11)15(21)18-4/h5-8,13-14,20H,9-10H2,1-4H3,(H,18,21)/t13-,14?/m0/s1. The molecule has 2 rings (SSSR count). The first-order valence-electron chi connectivity index (χ1n) is 7.71. The largest absolute Gasteiger partial charge is 0.444 e. The van der Waals surface area contributed by atoms with Crippen LogP contribution in [-0.4, -0.2) is 47.3 Å². The lowest BCUT2D eigenvalue weighted by Crippen LogP contribution is -2.37. The van der Waals surface area contributed by atoms with Crippen LogP contribution in [0.4, 0.5) is 4.79 Å². The molecular weight excluding hydrogens is 296 g/mol. The van der Waals surface area contributed by atoms with Gasteiger partial charge in [0.25, 0.3) is 5.91 Å². The predicted molar refractivity (Wildman–Crippen MR) is 86.1 cm³/mol. The zero-order chi connectivity index (χ0) is 17.2. The highest BCUT2D eigenvalue weighted by atomic mass is 16.6. The average molecular weight is 320 g/mol. The summed E-state index contributed by atoms with van der Waals surface area (Å²) >= 11 is 0. The Labute approximate surface area is 136 Å². The number of aliphatic hydroxyl groups excluding tert-OH is 1. The second-order valence-electron chi connectivity index (χ2n) is 6.74. The van der Waals surface area contributed by atoms with Crippen molar-refractivity contribution in [2.24, 2.45) is 0 Å². The number of nitrogens with zero attached hydrogens (tertiary/aromatic N) is 1. The molecular formula is C17H24N2O4. The molecule has 6 nitrogen and oxygen atoms in total. The maximum Gasteiger partial charge on any atom is 0.410 e. The molecule has 0 aromatic heterocycles. The van der Waals surface area contributed by atoms with Gasteiger partial charge in [0.2, 0.25) is 0 Å². The van der Waals surface area contributed by atoms with E-state index in [4.69, 9.17) is 4.74 Å². The van der Waals surface area contributed by atoms with Gasteiger partial charge >= 0.3 is 6.09 Å². The molecule has 0 saturated carbocycles. The first-order chi connectivity index (χ1) is 10.7. The maximum atomic E-state index is 12.3. The van der Waals surface area contributed by atoms with Gasteiger partial charge in [0, 0.05) is 12.6 Å². The molecule has 0 radical (unpaired) electrons. The third kappa shape index (κ3) is 4.22. The molecule has 6 heteroatoms. The summed E-state index contributed by atoms with van der Waals surface area (Å²) in [5.41, 5.74) is 0.844. The summed E-state index contributed by atoms with van der Waals surface area (Å²) in [6, 6.07) is 6.80. The fraction of sp³-hybridized carbons (Fsp3) is 0.529. The average Bonchev–Trinajstić information content (AvgIpc) is 2.87. The van der Waals surface area contributed by atoms with Crippen LogP contribution in [0.25, 0.3) is 0 Å². The molecule has 2 atom stereocenters. The lowest BCUT2D eigenvalue weighted by molar-refractivity contribution is 0.0206. The molecule has 1 heterocycles. The number of benzene rings is 1. The Balaban J connectivity index is 2.19. The third-order valence-electron chi connectivity index (χ3n) is 3.69. The monoisotopic (exact) mass is 320 g/mol. The van der Waals surface area contributed by atoms with E-state index in [1.807, 2.05) is 32.9 Å². The van der Waals surface area contributed by atoms with E-state index in [0.29, 0.717) is 12.0 Å². The van der Waals surface area contributed by atoms with E-state index in [9.17, 15) is 14.7 Å². The summed E-state index contributed by atoms with van der Waals surface area (Å²) in [5.74, 6) is -0.160. The third-order valence-corrected chi connectivity index (χ3v) is 3.69. The van der Waals surface area contributed by atoms with Gasteiger partial charge in [0.15, 0.2) is 0 Å². The second-order valence-corrected chi connectivity index (χ2v) is 6.74. The fourth-order valence-corrected chi connectivity index (χ4v) is 2.65. The molecule has 0 bridgehead atoms. The van der Waals surface area contributed by atoms with Crippen molar-refractivity contribution >= 4 is 12.0 Å². The second kappa shape index (κ2) is 6.58. The Hall–Kier alpha value is -2.08. The van der Waals surface area contributed by atoms with Gasteiger partial charge in [-0.3, -0.25) is 9.69 Å². The highest BCUT2D eigenvalue weighted by Crippen LogP contribution is 2.33. The highest BCUT2D eigenvalue weighted by molar-refractivity contribution is 5.93. The molecule has 1 aliphatic rings. The molecule has 1 saturated heterocycles. The van der Waals surface area contributed by atoms with Crippen molar-refractivity contribution in [3.8, 4) is 0 Å². The molecule has 126 valence electrons. The molecule has 2 N–H and O–H groups in total. The minimum absolute atomic E-state index is 0.160. The number of aliphatic hydroxyl groups is 1. The molecule has 0 aliphatic carbocycles. The Bertz CT molecular complexity index is 577. The number of ether oxygens (including phenoxy) is 1. The zero-order valence-corrected chi connectivity index (χ0v) is 14.0. The van der Waals surface area contributed by atoms with Gasteiger partial charge in [0.1, 0.15) is 5.60 Å². The minimum Gasteiger partial charge on any atom is -0.444 e. The van der Waals surface area contributed by atoms with Crippen LogP contribution in [0, 0.1) is 0 Å². The SMILES string of the molecule is CNC(=O)c1ccc(C2C[C@H](O)CN2C(=O)OC(C)(C)C)cc1. The number of hydrogen-bond acceptors (Lipinski definition) is 4. The van der Waals surface area contributed by atoms with Crippen molar-refractivity contribution < 1.29 is 19.4 Å². The lowest BCUT2D eigenvalue weighted by atomic mass is 10.0. The molecule has 0 spiro atoms.